The number of anilines is 2. The van der Waals surface area contributed by atoms with Gasteiger partial charge in [-0.25, -0.2) is 9.18 Å². The van der Waals surface area contributed by atoms with Crippen molar-refractivity contribution < 1.29 is 13.9 Å². The molecule has 1 saturated heterocycles. The highest BCUT2D eigenvalue weighted by Gasteiger charge is 2.23. The lowest BCUT2D eigenvalue weighted by molar-refractivity contribution is 0.208. The minimum atomic E-state index is -0.239. The molecule has 5 nitrogen and oxygen atoms in total. The van der Waals surface area contributed by atoms with Gasteiger partial charge in [0.2, 0.25) is 0 Å². The standard InChI is InChI=1S/C23H22FN3O2/c24-19-10-4-6-12-21(19)26-14-16-27(17-15-26)23(28)25-20-11-5-7-13-22(20)29-18-8-2-1-3-9-18/h1-13H,14-17H2,(H,25,28). The summed E-state index contributed by atoms with van der Waals surface area (Å²) in [6, 6.07) is 23.3. The summed E-state index contributed by atoms with van der Waals surface area (Å²) in [5.41, 5.74) is 1.19. The van der Waals surface area contributed by atoms with Crippen LogP contribution in [0.5, 0.6) is 11.5 Å². The predicted molar refractivity (Wildman–Crippen MR) is 112 cm³/mol. The second-order valence-corrected chi connectivity index (χ2v) is 6.77. The number of nitrogens with one attached hydrogen (secondary N) is 1. The number of hydrogen-bond acceptors (Lipinski definition) is 3. The van der Waals surface area contributed by atoms with Crippen LogP contribution in [-0.2, 0) is 0 Å². The maximum atomic E-state index is 14.0. The fourth-order valence-corrected chi connectivity index (χ4v) is 3.33. The number of carbonyl (C=O) groups is 1. The van der Waals surface area contributed by atoms with Crippen LogP contribution in [0.25, 0.3) is 0 Å². The molecule has 1 heterocycles. The van der Waals surface area contributed by atoms with Crippen LogP contribution >= 0.6 is 0 Å². The molecular weight excluding hydrogens is 369 g/mol. The van der Waals surface area contributed by atoms with Gasteiger partial charge in [-0.1, -0.05) is 42.5 Å². The van der Waals surface area contributed by atoms with Gasteiger partial charge in [0, 0.05) is 26.2 Å². The summed E-state index contributed by atoms with van der Waals surface area (Å²) in [6.45, 7) is 2.19. The molecule has 29 heavy (non-hydrogen) atoms. The van der Waals surface area contributed by atoms with E-state index in [1.165, 1.54) is 6.07 Å². The van der Waals surface area contributed by atoms with Crippen LogP contribution in [0.4, 0.5) is 20.6 Å². The fraction of sp³-hybridized carbons (Fsp3) is 0.174. The van der Waals surface area contributed by atoms with Crippen molar-refractivity contribution in [2.45, 2.75) is 0 Å². The number of benzene rings is 3. The minimum Gasteiger partial charge on any atom is -0.455 e. The largest absolute Gasteiger partial charge is 0.455 e. The molecule has 0 saturated carbocycles. The van der Waals surface area contributed by atoms with Crippen molar-refractivity contribution in [1.29, 1.82) is 0 Å². The Labute approximate surface area is 169 Å². The third-order valence-corrected chi connectivity index (χ3v) is 4.86. The van der Waals surface area contributed by atoms with Gasteiger partial charge in [0.15, 0.2) is 5.75 Å². The molecule has 0 aliphatic carbocycles. The number of rotatable bonds is 4. The van der Waals surface area contributed by atoms with Crippen LogP contribution in [0.3, 0.4) is 0 Å². The molecule has 2 amide bonds. The number of piperazine rings is 1. The van der Waals surface area contributed by atoms with Crippen LogP contribution < -0.4 is 15.0 Å². The van der Waals surface area contributed by atoms with Crippen molar-refractivity contribution in [3.05, 3.63) is 84.7 Å². The Bertz CT molecular complexity index is 973. The molecule has 0 radical (unpaired) electrons. The van der Waals surface area contributed by atoms with Crippen molar-refractivity contribution in [2.75, 3.05) is 36.4 Å². The Kier molecular flexibility index (Phi) is 5.61. The number of nitrogens with zero attached hydrogens (tertiary/aromatic N) is 2. The van der Waals surface area contributed by atoms with Gasteiger partial charge in [0.05, 0.1) is 11.4 Å². The zero-order valence-electron chi connectivity index (χ0n) is 15.9. The highest BCUT2D eigenvalue weighted by Crippen LogP contribution is 2.29. The molecule has 1 N–H and O–H groups in total. The molecule has 1 aliphatic rings. The Balaban J connectivity index is 1.39. The molecule has 0 atom stereocenters. The van der Waals surface area contributed by atoms with Gasteiger partial charge < -0.3 is 19.9 Å². The van der Waals surface area contributed by atoms with Crippen molar-refractivity contribution in [1.82, 2.24) is 4.90 Å². The zero-order chi connectivity index (χ0) is 20.1. The van der Waals surface area contributed by atoms with Crippen LogP contribution in [0.1, 0.15) is 0 Å². The molecular formula is C23H22FN3O2. The minimum absolute atomic E-state index is 0.192. The van der Waals surface area contributed by atoms with E-state index in [2.05, 4.69) is 5.32 Å². The Morgan fingerprint density at radius 2 is 1.48 bits per heavy atom. The second kappa shape index (κ2) is 8.65. The third-order valence-electron chi connectivity index (χ3n) is 4.86. The molecule has 1 fully saturated rings. The molecule has 6 heteroatoms. The normalized spacial score (nSPS) is 13.8. The zero-order valence-corrected chi connectivity index (χ0v) is 15.9. The first-order valence-electron chi connectivity index (χ1n) is 9.58. The van der Waals surface area contributed by atoms with E-state index in [0.29, 0.717) is 49.1 Å². The highest BCUT2D eigenvalue weighted by atomic mass is 19.1. The number of ether oxygens (including phenoxy) is 1. The van der Waals surface area contributed by atoms with Crippen molar-refractivity contribution in [3.63, 3.8) is 0 Å². The summed E-state index contributed by atoms with van der Waals surface area (Å²) in [7, 11) is 0. The number of hydrogen-bond donors (Lipinski definition) is 1. The Morgan fingerprint density at radius 1 is 0.828 bits per heavy atom. The summed E-state index contributed by atoms with van der Waals surface area (Å²) < 4.78 is 19.9. The topological polar surface area (TPSA) is 44.8 Å². The number of para-hydroxylation sites is 4. The summed E-state index contributed by atoms with van der Waals surface area (Å²) >= 11 is 0. The maximum Gasteiger partial charge on any atom is 0.322 e. The molecule has 3 aromatic rings. The van der Waals surface area contributed by atoms with Gasteiger partial charge in [0.25, 0.3) is 0 Å². The number of carbonyl (C=O) groups excluding carboxylic acids is 1. The lowest BCUT2D eigenvalue weighted by Gasteiger charge is -2.36. The van der Waals surface area contributed by atoms with Gasteiger partial charge in [-0.3, -0.25) is 0 Å². The van der Waals surface area contributed by atoms with Crippen LogP contribution in [-0.4, -0.2) is 37.1 Å². The average Bonchev–Trinajstić information content (AvgIpc) is 2.76. The summed E-state index contributed by atoms with van der Waals surface area (Å²) in [6.07, 6.45) is 0. The first-order chi connectivity index (χ1) is 14.2. The number of urea groups is 1. The van der Waals surface area contributed by atoms with E-state index >= 15 is 0 Å². The van der Waals surface area contributed by atoms with Crippen LogP contribution in [0.2, 0.25) is 0 Å². The van der Waals surface area contributed by atoms with Gasteiger partial charge in [-0.15, -0.1) is 0 Å². The quantitative estimate of drug-likeness (QED) is 0.683. The molecule has 148 valence electrons. The van der Waals surface area contributed by atoms with Gasteiger partial charge in [-0.05, 0) is 36.4 Å². The second-order valence-electron chi connectivity index (χ2n) is 6.77. The number of amides is 2. The molecule has 3 aromatic carbocycles. The van der Waals surface area contributed by atoms with E-state index < -0.39 is 0 Å². The molecule has 0 unspecified atom stereocenters. The summed E-state index contributed by atoms with van der Waals surface area (Å²) in [4.78, 5) is 16.4. The van der Waals surface area contributed by atoms with Crippen molar-refractivity contribution >= 4 is 17.4 Å². The van der Waals surface area contributed by atoms with Gasteiger partial charge >= 0.3 is 6.03 Å². The van der Waals surface area contributed by atoms with E-state index in [4.69, 9.17) is 4.74 Å². The summed E-state index contributed by atoms with van der Waals surface area (Å²) in [5, 5.41) is 2.94. The predicted octanol–water partition coefficient (Wildman–Crippen LogP) is 4.97. The fourth-order valence-electron chi connectivity index (χ4n) is 3.33. The number of halogens is 1. The van der Waals surface area contributed by atoms with E-state index in [-0.39, 0.29) is 11.8 Å². The van der Waals surface area contributed by atoms with Crippen molar-refractivity contribution in [3.8, 4) is 11.5 Å². The first kappa shape index (κ1) is 18.8. The molecule has 0 spiro atoms. The van der Waals surface area contributed by atoms with E-state index in [0.717, 1.165) is 0 Å². The summed E-state index contributed by atoms with van der Waals surface area (Å²) in [5.74, 6) is 1.04. The van der Waals surface area contributed by atoms with E-state index in [1.807, 2.05) is 65.6 Å². The van der Waals surface area contributed by atoms with Crippen LogP contribution in [0, 0.1) is 5.82 Å². The SMILES string of the molecule is O=C(Nc1ccccc1Oc1ccccc1)N1CCN(c2ccccc2F)CC1. The lowest BCUT2D eigenvalue weighted by atomic mass is 10.2. The monoisotopic (exact) mass is 391 g/mol. The Morgan fingerprint density at radius 3 is 2.24 bits per heavy atom. The first-order valence-corrected chi connectivity index (χ1v) is 9.58. The van der Waals surface area contributed by atoms with E-state index in [1.54, 1.807) is 17.0 Å². The maximum absolute atomic E-state index is 14.0. The van der Waals surface area contributed by atoms with Gasteiger partial charge in [-0.2, -0.15) is 0 Å². The molecule has 0 bridgehead atoms. The third kappa shape index (κ3) is 4.48. The van der Waals surface area contributed by atoms with Crippen molar-refractivity contribution in [2.24, 2.45) is 0 Å². The molecule has 1 aliphatic heterocycles. The average molecular weight is 391 g/mol. The lowest BCUT2D eigenvalue weighted by Crippen LogP contribution is -2.50. The van der Waals surface area contributed by atoms with Gasteiger partial charge in [0.1, 0.15) is 11.6 Å². The smallest absolute Gasteiger partial charge is 0.322 e. The molecule has 4 rings (SSSR count). The van der Waals surface area contributed by atoms with Crippen LogP contribution in [0.15, 0.2) is 78.9 Å². The highest BCUT2D eigenvalue weighted by molar-refractivity contribution is 5.91. The molecule has 0 aromatic heterocycles. The van der Waals surface area contributed by atoms with E-state index in [9.17, 15) is 9.18 Å². The Hall–Kier alpha value is -3.54.